The Morgan fingerprint density at radius 1 is 0.861 bits per heavy atom. The van der Waals surface area contributed by atoms with Crippen molar-refractivity contribution in [3.63, 3.8) is 0 Å². The van der Waals surface area contributed by atoms with Crippen molar-refractivity contribution >= 4 is 34.7 Å². The van der Waals surface area contributed by atoms with Crippen LogP contribution in [0.2, 0.25) is 10.0 Å². The van der Waals surface area contributed by atoms with Gasteiger partial charge in [-0.1, -0.05) is 35.3 Å². The summed E-state index contributed by atoms with van der Waals surface area (Å²) in [6.45, 7) is 0.170. The van der Waals surface area contributed by atoms with Gasteiger partial charge in [-0.3, -0.25) is 4.79 Å². The van der Waals surface area contributed by atoms with Crippen LogP contribution in [0.5, 0.6) is 23.0 Å². The molecule has 0 spiro atoms. The van der Waals surface area contributed by atoms with Crippen molar-refractivity contribution in [1.29, 1.82) is 0 Å². The molecule has 2 unspecified atom stereocenters. The summed E-state index contributed by atoms with van der Waals surface area (Å²) in [5.74, 6) is 2.41. The van der Waals surface area contributed by atoms with E-state index in [9.17, 15) is 4.79 Å². The lowest BCUT2D eigenvalue weighted by molar-refractivity contribution is -0.116. The highest BCUT2D eigenvalue weighted by atomic mass is 35.5. The molecule has 3 aromatic rings. The Morgan fingerprint density at radius 3 is 2.36 bits per heavy atom. The number of hydrogen-bond donors (Lipinski definition) is 1. The molecule has 1 aliphatic carbocycles. The van der Waals surface area contributed by atoms with Gasteiger partial charge in [0.15, 0.2) is 28.8 Å². The third-order valence-corrected chi connectivity index (χ3v) is 7.83. The fourth-order valence-electron chi connectivity index (χ4n) is 5.39. The first-order valence-electron chi connectivity index (χ1n) is 11.6. The number of halogens is 2. The molecule has 0 amide bonds. The quantitative estimate of drug-likeness (QED) is 0.410. The van der Waals surface area contributed by atoms with Crippen LogP contribution in [0, 0.1) is 0 Å². The van der Waals surface area contributed by atoms with Crippen molar-refractivity contribution in [3.8, 4) is 23.0 Å². The van der Waals surface area contributed by atoms with E-state index >= 15 is 0 Å². The first kappa shape index (κ1) is 23.1. The van der Waals surface area contributed by atoms with Gasteiger partial charge >= 0.3 is 0 Å². The summed E-state index contributed by atoms with van der Waals surface area (Å²) in [4.78, 5) is 13.8. The van der Waals surface area contributed by atoms with E-state index in [-0.39, 0.29) is 24.4 Å². The van der Waals surface area contributed by atoms with Crippen LogP contribution in [-0.4, -0.2) is 26.8 Å². The Hall–Kier alpha value is -3.35. The SMILES string of the molecule is COc1ccc(C2CC(=O)C3=C(C2)Nc2cc4c(cc2C3c2ccc(Cl)c(Cl)c2)OCO4)cc1OC. The maximum atomic E-state index is 13.8. The van der Waals surface area contributed by atoms with E-state index in [0.717, 1.165) is 33.6 Å². The highest BCUT2D eigenvalue weighted by molar-refractivity contribution is 6.42. The molecule has 0 radical (unpaired) electrons. The predicted molar refractivity (Wildman–Crippen MR) is 138 cm³/mol. The summed E-state index contributed by atoms with van der Waals surface area (Å²) in [6.07, 6.45) is 1.05. The third kappa shape index (κ3) is 3.76. The Balaban J connectivity index is 1.46. The summed E-state index contributed by atoms with van der Waals surface area (Å²) in [5.41, 5.74) is 5.39. The van der Waals surface area contributed by atoms with E-state index in [4.69, 9.17) is 42.1 Å². The molecular weight excluding hydrogens is 501 g/mol. The topological polar surface area (TPSA) is 66.0 Å². The fourth-order valence-corrected chi connectivity index (χ4v) is 5.69. The van der Waals surface area contributed by atoms with Gasteiger partial charge in [-0.15, -0.1) is 0 Å². The van der Waals surface area contributed by atoms with Gasteiger partial charge in [0.1, 0.15) is 0 Å². The summed E-state index contributed by atoms with van der Waals surface area (Å²) in [6, 6.07) is 15.3. The van der Waals surface area contributed by atoms with Gasteiger partial charge in [0, 0.05) is 35.4 Å². The normalized spacial score (nSPS) is 19.9. The van der Waals surface area contributed by atoms with E-state index in [2.05, 4.69) is 5.32 Å². The second kappa shape index (κ2) is 8.95. The van der Waals surface area contributed by atoms with Crippen LogP contribution in [0.3, 0.4) is 0 Å². The van der Waals surface area contributed by atoms with E-state index in [0.29, 0.717) is 45.9 Å². The molecule has 184 valence electrons. The molecule has 0 saturated carbocycles. The highest BCUT2D eigenvalue weighted by Crippen LogP contribution is 2.52. The van der Waals surface area contributed by atoms with Gasteiger partial charge in [-0.25, -0.2) is 0 Å². The molecule has 2 atom stereocenters. The lowest BCUT2D eigenvalue weighted by atomic mass is 9.72. The summed E-state index contributed by atoms with van der Waals surface area (Å²) < 4.78 is 22.2. The second-order valence-corrected chi connectivity index (χ2v) is 9.87. The van der Waals surface area contributed by atoms with Gasteiger partial charge < -0.3 is 24.3 Å². The molecular formula is C28H23Cl2NO5. The van der Waals surface area contributed by atoms with Crippen LogP contribution in [0.1, 0.15) is 41.4 Å². The maximum Gasteiger partial charge on any atom is 0.231 e. The number of anilines is 1. The van der Waals surface area contributed by atoms with Crippen LogP contribution < -0.4 is 24.3 Å². The smallest absolute Gasteiger partial charge is 0.231 e. The van der Waals surface area contributed by atoms with Crippen molar-refractivity contribution < 1.29 is 23.7 Å². The molecule has 2 heterocycles. The third-order valence-electron chi connectivity index (χ3n) is 7.09. The number of allylic oxidation sites excluding steroid dienone is 2. The average molecular weight is 524 g/mol. The van der Waals surface area contributed by atoms with Gasteiger partial charge in [0.25, 0.3) is 0 Å². The lowest BCUT2D eigenvalue weighted by Gasteiger charge is -2.37. The number of Topliss-reactive ketones (excluding diaryl/α,β-unsaturated/α-hetero) is 1. The lowest BCUT2D eigenvalue weighted by Crippen LogP contribution is -2.29. The number of rotatable bonds is 4. The predicted octanol–water partition coefficient (Wildman–Crippen LogP) is 6.70. The standard InChI is InChI=1S/C28H23Cl2NO5/c1-33-23-6-4-14(10-24(23)34-2)16-8-21-28(22(32)9-16)27(15-3-5-18(29)19(30)7-15)17-11-25-26(36-13-35-25)12-20(17)31-21/h3-7,10-12,16,27,31H,8-9,13H2,1-2H3. The summed E-state index contributed by atoms with van der Waals surface area (Å²) in [5, 5.41) is 4.46. The molecule has 0 aromatic heterocycles. The number of ketones is 1. The minimum Gasteiger partial charge on any atom is -0.493 e. The molecule has 36 heavy (non-hydrogen) atoms. The van der Waals surface area contributed by atoms with E-state index in [1.165, 1.54) is 0 Å². The van der Waals surface area contributed by atoms with Gasteiger partial charge in [0.2, 0.25) is 6.79 Å². The average Bonchev–Trinajstić information content (AvgIpc) is 3.34. The van der Waals surface area contributed by atoms with Gasteiger partial charge in [0.05, 0.1) is 24.3 Å². The van der Waals surface area contributed by atoms with E-state index in [1.807, 2.05) is 42.5 Å². The molecule has 0 saturated heterocycles. The Labute approximate surface area is 218 Å². The molecule has 2 aliphatic heterocycles. The fraction of sp³-hybridized carbons (Fsp3) is 0.250. The number of hydrogen-bond acceptors (Lipinski definition) is 6. The van der Waals surface area contributed by atoms with Crippen molar-refractivity contribution in [3.05, 3.63) is 86.5 Å². The van der Waals surface area contributed by atoms with Gasteiger partial charge in [-0.2, -0.15) is 0 Å². The molecule has 0 bridgehead atoms. The largest absolute Gasteiger partial charge is 0.493 e. The minimum atomic E-state index is -0.306. The molecule has 3 aromatic carbocycles. The maximum absolute atomic E-state index is 13.8. The summed E-state index contributed by atoms with van der Waals surface area (Å²) >= 11 is 12.6. The Bertz CT molecular complexity index is 1430. The number of fused-ring (bicyclic) bond motifs is 2. The van der Waals surface area contributed by atoms with Crippen LogP contribution in [0.25, 0.3) is 0 Å². The number of nitrogens with one attached hydrogen (secondary N) is 1. The highest BCUT2D eigenvalue weighted by Gasteiger charge is 2.39. The number of carbonyl (C=O) groups excluding carboxylic acids is 1. The Morgan fingerprint density at radius 2 is 1.61 bits per heavy atom. The van der Waals surface area contributed by atoms with E-state index < -0.39 is 0 Å². The van der Waals surface area contributed by atoms with Crippen molar-refractivity contribution in [2.75, 3.05) is 26.3 Å². The van der Waals surface area contributed by atoms with Crippen molar-refractivity contribution in [2.24, 2.45) is 0 Å². The molecule has 3 aliphatic rings. The first-order valence-corrected chi connectivity index (χ1v) is 12.4. The number of carbonyl (C=O) groups is 1. The number of methoxy groups -OCH3 is 2. The van der Waals surface area contributed by atoms with Crippen molar-refractivity contribution in [2.45, 2.75) is 24.7 Å². The van der Waals surface area contributed by atoms with Crippen LogP contribution in [0.4, 0.5) is 5.69 Å². The van der Waals surface area contributed by atoms with E-state index in [1.54, 1.807) is 20.3 Å². The molecule has 6 nitrogen and oxygen atoms in total. The molecule has 0 fully saturated rings. The van der Waals surface area contributed by atoms with Crippen LogP contribution >= 0.6 is 23.2 Å². The van der Waals surface area contributed by atoms with Crippen LogP contribution in [-0.2, 0) is 4.79 Å². The van der Waals surface area contributed by atoms with Gasteiger partial charge in [-0.05, 0) is 59.4 Å². The number of benzene rings is 3. The Kier molecular flexibility index (Phi) is 5.73. The first-order chi connectivity index (χ1) is 17.5. The summed E-state index contributed by atoms with van der Waals surface area (Å²) in [7, 11) is 3.22. The molecule has 6 rings (SSSR count). The second-order valence-electron chi connectivity index (χ2n) is 9.06. The van der Waals surface area contributed by atoms with Crippen LogP contribution in [0.15, 0.2) is 59.8 Å². The zero-order chi connectivity index (χ0) is 25.0. The molecule has 1 N–H and O–H groups in total. The zero-order valence-electron chi connectivity index (χ0n) is 19.7. The minimum absolute atomic E-state index is 0.00595. The monoisotopic (exact) mass is 523 g/mol. The van der Waals surface area contributed by atoms with Crippen molar-refractivity contribution in [1.82, 2.24) is 0 Å². The number of ether oxygens (including phenoxy) is 4. The zero-order valence-corrected chi connectivity index (χ0v) is 21.2. The molecule has 8 heteroatoms.